The van der Waals surface area contributed by atoms with Gasteiger partial charge in [0.2, 0.25) is 5.95 Å². The van der Waals surface area contributed by atoms with Gasteiger partial charge in [0, 0.05) is 25.5 Å². The summed E-state index contributed by atoms with van der Waals surface area (Å²) < 4.78 is 13.7. The van der Waals surface area contributed by atoms with Gasteiger partial charge >= 0.3 is 0 Å². The summed E-state index contributed by atoms with van der Waals surface area (Å²) in [7, 11) is 4.10. The van der Waals surface area contributed by atoms with Gasteiger partial charge in [-0.1, -0.05) is 36.4 Å². The summed E-state index contributed by atoms with van der Waals surface area (Å²) in [5.74, 6) is 1.20. The second-order valence-electron chi connectivity index (χ2n) is 9.19. The summed E-state index contributed by atoms with van der Waals surface area (Å²) in [5, 5.41) is 3.37. The highest BCUT2D eigenvalue weighted by Crippen LogP contribution is 2.43. The molecule has 3 aromatic rings. The van der Waals surface area contributed by atoms with E-state index in [4.69, 9.17) is 9.98 Å². The molecule has 0 fully saturated rings. The number of halogens is 1. The lowest BCUT2D eigenvalue weighted by atomic mass is 9.97. The summed E-state index contributed by atoms with van der Waals surface area (Å²) in [6, 6.07) is 16.4. The zero-order chi connectivity index (χ0) is 24.4. The Balaban J connectivity index is 1.46. The maximum Gasteiger partial charge on any atom is 0.223 e. The first-order valence-electron chi connectivity index (χ1n) is 11.7. The van der Waals surface area contributed by atoms with Crippen molar-refractivity contribution in [1.29, 1.82) is 0 Å². The average Bonchev–Trinajstić information content (AvgIpc) is 3.22. The number of nitrogens with zero attached hydrogens (tertiary/aromatic N) is 5. The molecule has 2 aliphatic heterocycles. The Morgan fingerprint density at radius 1 is 1.06 bits per heavy atom. The number of hydrogen-bond donors (Lipinski definition) is 1. The summed E-state index contributed by atoms with van der Waals surface area (Å²) in [4.78, 5) is 18.7. The van der Waals surface area contributed by atoms with Crippen molar-refractivity contribution in [1.82, 2.24) is 19.8 Å². The van der Waals surface area contributed by atoms with Crippen molar-refractivity contribution in [2.45, 2.75) is 25.6 Å². The Morgan fingerprint density at radius 2 is 1.86 bits per heavy atom. The first-order chi connectivity index (χ1) is 17.0. The van der Waals surface area contributed by atoms with Crippen LogP contribution in [0, 0.1) is 12.7 Å². The summed E-state index contributed by atoms with van der Waals surface area (Å²) in [5.41, 5.74) is 5.42. The van der Waals surface area contributed by atoms with Gasteiger partial charge in [0.1, 0.15) is 23.7 Å². The number of fused-ring (bicyclic) bond motifs is 1. The number of nitrogens with one attached hydrogen (secondary N) is 1. The molecule has 0 aliphatic carbocycles. The fourth-order valence-electron chi connectivity index (χ4n) is 4.54. The molecule has 0 bridgehead atoms. The highest BCUT2D eigenvalue weighted by molar-refractivity contribution is 5.97. The molecule has 178 valence electrons. The molecule has 2 unspecified atom stereocenters. The molecule has 0 radical (unpaired) electrons. The van der Waals surface area contributed by atoms with Gasteiger partial charge in [0.05, 0.1) is 5.69 Å². The SMILES string of the molecule is Cc1ccccc1CNc1nccc(C2C(c3ccc(F)cc3)N=C3C=C(CN(C)C)C=CN32)n1. The number of aliphatic imine (C=N–C) groups is 1. The molecule has 1 N–H and O–H groups in total. The maximum atomic E-state index is 13.7. The third-order valence-corrected chi connectivity index (χ3v) is 6.29. The Hall–Kier alpha value is -3.84. The van der Waals surface area contributed by atoms with Crippen LogP contribution in [0.1, 0.15) is 34.5 Å². The van der Waals surface area contributed by atoms with Crippen LogP contribution in [-0.2, 0) is 6.54 Å². The topological polar surface area (TPSA) is 56.7 Å². The van der Waals surface area contributed by atoms with Crippen LogP contribution in [-0.4, -0.2) is 46.2 Å². The van der Waals surface area contributed by atoms with E-state index in [0.717, 1.165) is 23.6 Å². The molecule has 0 saturated heterocycles. The molecular formula is C28H29FN6. The fourth-order valence-corrected chi connectivity index (χ4v) is 4.54. The van der Waals surface area contributed by atoms with Crippen molar-refractivity contribution in [2.75, 3.05) is 26.0 Å². The van der Waals surface area contributed by atoms with Gasteiger partial charge in [-0.3, -0.25) is 4.99 Å². The van der Waals surface area contributed by atoms with Crippen molar-refractivity contribution in [3.05, 3.63) is 113 Å². The van der Waals surface area contributed by atoms with E-state index in [1.54, 1.807) is 6.20 Å². The molecule has 7 heteroatoms. The highest BCUT2D eigenvalue weighted by atomic mass is 19.1. The summed E-state index contributed by atoms with van der Waals surface area (Å²) in [6.07, 6.45) is 8.10. The average molecular weight is 469 g/mol. The lowest BCUT2D eigenvalue weighted by molar-refractivity contribution is 0.384. The van der Waals surface area contributed by atoms with Crippen molar-refractivity contribution in [2.24, 2.45) is 4.99 Å². The van der Waals surface area contributed by atoms with Gasteiger partial charge in [0.15, 0.2) is 0 Å². The van der Waals surface area contributed by atoms with E-state index in [-0.39, 0.29) is 17.9 Å². The number of aryl methyl sites for hydroxylation is 1. The second kappa shape index (κ2) is 9.80. The Morgan fingerprint density at radius 3 is 2.63 bits per heavy atom. The van der Waals surface area contributed by atoms with Crippen LogP contribution in [0.4, 0.5) is 10.3 Å². The lowest BCUT2D eigenvalue weighted by Crippen LogP contribution is -2.29. The fraction of sp³-hybridized carbons (Fsp3) is 0.250. The number of hydrogen-bond acceptors (Lipinski definition) is 6. The molecule has 2 aliphatic rings. The number of anilines is 1. The van der Waals surface area contributed by atoms with Crippen LogP contribution in [0.2, 0.25) is 0 Å². The molecular weight excluding hydrogens is 439 g/mol. The second-order valence-corrected chi connectivity index (χ2v) is 9.19. The van der Waals surface area contributed by atoms with E-state index in [1.165, 1.54) is 28.8 Å². The number of likely N-dealkylation sites (N-methyl/N-ethyl adjacent to an activating group) is 1. The van der Waals surface area contributed by atoms with Gasteiger partial charge in [-0.05, 0) is 73.6 Å². The largest absolute Gasteiger partial charge is 0.350 e. The van der Waals surface area contributed by atoms with E-state index in [1.807, 2.05) is 44.4 Å². The third-order valence-electron chi connectivity index (χ3n) is 6.29. The minimum absolute atomic E-state index is 0.161. The Bertz CT molecular complexity index is 1290. The highest BCUT2D eigenvalue weighted by Gasteiger charge is 2.38. The van der Waals surface area contributed by atoms with Gasteiger partial charge in [0.25, 0.3) is 0 Å². The third kappa shape index (κ3) is 5.00. The number of rotatable bonds is 7. The van der Waals surface area contributed by atoms with Gasteiger partial charge in [-0.15, -0.1) is 0 Å². The van der Waals surface area contributed by atoms with E-state index < -0.39 is 0 Å². The van der Waals surface area contributed by atoms with Crippen LogP contribution in [0.5, 0.6) is 0 Å². The number of amidine groups is 1. The molecule has 2 aromatic carbocycles. The van der Waals surface area contributed by atoms with Crippen molar-refractivity contribution < 1.29 is 4.39 Å². The number of benzene rings is 2. The van der Waals surface area contributed by atoms with Crippen LogP contribution in [0.15, 0.2) is 89.7 Å². The van der Waals surface area contributed by atoms with Gasteiger partial charge < -0.3 is 15.1 Å². The minimum Gasteiger partial charge on any atom is -0.350 e. The van der Waals surface area contributed by atoms with Crippen molar-refractivity contribution in [3.63, 3.8) is 0 Å². The molecule has 0 spiro atoms. The van der Waals surface area contributed by atoms with Crippen molar-refractivity contribution >= 4 is 11.8 Å². The lowest BCUT2D eigenvalue weighted by Gasteiger charge is -2.29. The quantitative estimate of drug-likeness (QED) is 0.526. The van der Waals surface area contributed by atoms with Crippen LogP contribution < -0.4 is 5.32 Å². The van der Waals surface area contributed by atoms with E-state index in [2.05, 4.69) is 57.5 Å². The first-order valence-corrected chi connectivity index (χ1v) is 11.7. The maximum absolute atomic E-state index is 13.7. The van der Waals surface area contributed by atoms with E-state index in [0.29, 0.717) is 12.5 Å². The molecule has 0 saturated carbocycles. The van der Waals surface area contributed by atoms with Crippen LogP contribution in [0.25, 0.3) is 0 Å². The van der Waals surface area contributed by atoms with Crippen molar-refractivity contribution in [3.8, 4) is 0 Å². The van der Waals surface area contributed by atoms with Gasteiger partial charge in [-0.25, -0.2) is 14.4 Å². The zero-order valence-corrected chi connectivity index (χ0v) is 20.2. The normalized spacial score (nSPS) is 18.9. The van der Waals surface area contributed by atoms with Crippen LogP contribution >= 0.6 is 0 Å². The minimum atomic E-state index is -0.258. The van der Waals surface area contributed by atoms with E-state index in [9.17, 15) is 4.39 Å². The molecule has 3 heterocycles. The first kappa shape index (κ1) is 22.9. The predicted molar refractivity (Wildman–Crippen MR) is 137 cm³/mol. The van der Waals surface area contributed by atoms with Gasteiger partial charge in [-0.2, -0.15) is 0 Å². The Kier molecular flexibility index (Phi) is 6.42. The Labute approximate surface area is 205 Å². The molecule has 35 heavy (non-hydrogen) atoms. The summed E-state index contributed by atoms with van der Waals surface area (Å²) >= 11 is 0. The molecule has 6 nitrogen and oxygen atoms in total. The molecule has 0 amide bonds. The zero-order valence-electron chi connectivity index (χ0n) is 20.2. The van der Waals surface area contributed by atoms with E-state index >= 15 is 0 Å². The molecule has 1 aromatic heterocycles. The number of aromatic nitrogens is 2. The molecule has 2 atom stereocenters. The standard InChI is InChI=1S/C28H29FN6/c1-19-6-4-5-7-22(19)17-31-28-30-14-12-24(32-28)27-26(21-8-10-23(29)11-9-21)33-25-16-20(18-34(2)3)13-15-35(25)27/h4-16,26-27H,17-18H2,1-3H3,(H,30,31,32). The summed E-state index contributed by atoms with van der Waals surface area (Å²) in [6.45, 7) is 3.57. The monoisotopic (exact) mass is 468 g/mol. The predicted octanol–water partition coefficient (Wildman–Crippen LogP) is 5.05. The smallest absolute Gasteiger partial charge is 0.223 e. The molecule has 5 rings (SSSR count). The van der Waals surface area contributed by atoms with Crippen LogP contribution in [0.3, 0.4) is 0 Å².